The van der Waals surface area contributed by atoms with Crippen molar-refractivity contribution in [3.63, 3.8) is 0 Å². The molecule has 0 aromatic heterocycles. The van der Waals surface area contributed by atoms with Crippen LogP contribution >= 0.6 is 22.6 Å². The highest BCUT2D eigenvalue weighted by molar-refractivity contribution is 14.1. The second-order valence-electron chi connectivity index (χ2n) is 4.94. The number of allylic oxidation sites excluding steroid dienone is 1. The highest BCUT2D eigenvalue weighted by atomic mass is 127. The van der Waals surface area contributed by atoms with E-state index >= 15 is 0 Å². The summed E-state index contributed by atoms with van der Waals surface area (Å²) in [6, 6.07) is 0. The molecule has 0 spiro atoms. The Hall–Kier alpha value is 0.390. The summed E-state index contributed by atoms with van der Waals surface area (Å²) < 4.78 is 13.2. The zero-order valence-electron chi connectivity index (χ0n) is 11.4. The van der Waals surface area contributed by atoms with E-state index in [1.165, 1.54) is 51.4 Å². The Morgan fingerprint density at radius 3 is 2.17 bits per heavy atom. The summed E-state index contributed by atoms with van der Waals surface area (Å²) in [6.07, 6.45) is 15.2. The number of rotatable bonds is 10. The molecule has 0 atom stereocenters. The first kappa shape index (κ1) is 16.4. The summed E-state index contributed by atoms with van der Waals surface area (Å²) in [5.74, 6) is 0. The van der Waals surface area contributed by atoms with Gasteiger partial charge < -0.3 is 9.47 Å². The van der Waals surface area contributed by atoms with Gasteiger partial charge >= 0.3 is 0 Å². The Balaban J connectivity index is 1.75. The van der Waals surface area contributed by atoms with E-state index < -0.39 is 0 Å². The topological polar surface area (TPSA) is 18.5 Å². The Morgan fingerprint density at radius 1 is 0.889 bits per heavy atom. The lowest BCUT2D eigenvalue weighted by Crippen LogP contribution is -2.24. The van der Waals surface area contributed by atoms with E-state index in [9.17, 15) is 0 Å². The summed E-state index contributed by atoms with van der Waals surface area (Å²) in [5.41, 5.74) is 0. The normalized spacial score (nSPS) is 17.6. The van der Waals surface area contributed by atoms with Crippen molar-refractivity contribution in [2.75, 3.05) is 13.2 Å². The van der Waals surface area contributed by atoms with Gasteiger partial charge in [-0.3, -0.25) is 0 Å². The molecule has 0 radical (unpaired) electrons. The lowest BCUT2D eigenvalue weighted by atomic mass is 10.1. The van der Waals surface area contributed by atoms with Crippen molar-refractivity contribution < 1.29 is 9.47 Å². The predicted molar refractivity (Wildman–Crippen MR) is 85.0 cm³/mol. The van der Waals surface area contributed by atoms with Gasteiger partial charge in [0.25, 0.3) is 0 Å². The molecule has 0 N–H and O–H groups in total. The standard InChI is InChI=1S/C15H27IO2/c16-12-9-7-5-3-1-2-4-6-8-11-15-17-13-10-14-18-15/h9,12,15H,1-8,10-11,13-14H2/b12-9-. The third-order valence-electron chi connectivity index (χ3n) is 3.30. The maximum absolute atomic E-state index is 5.53. The molecule has 106 valence electrons. The molecule has 0 aliphatic carbocycles. The molecule has 18 heavy (non-hydrogen) atoms. The van der Waals surface area contributed by atoms with Gasteiger partial charge in [0.2, 0.25) is 0 Å². The fraction of sp³-hybridized carbons (Fsp3) is 0.867. The van der Waals surface area contributed by atoms with Gasteiger partial charge in [-0.05, 0) is 36.2 Å². The van der Waals surface area contributed by atoms with Crippen LogP contribution in [0.2, 0.25) is 0 Å². The molecule has 3 heteroatoms. The third kappa shape index (κ3) is 9.34. The minimum absolute atomic E-state index is 0.0961. The summed E-state index contributed by atoms with van der Waals surface area (Å²) in [6.45, 7) is 1.77. The van der Waals surface area contributed by atoms with Gasteiger partial charge in [-0.25, -0.2) is 0 Å². The van der Waals surface area contributed by atoms with Crippen molar-refractivity contribution in [2.24, 2.45) is 0 Å². The van der Waals surface area contributed by atoms with Crippen LogP contribution in [0.4, 0.5) is 0 Å². The maximum atomic E-state index is 5.53. The minimum Gasteiger partial charge on any atom is -0.353 e. The fourth-order valence-corrected chi connectivity index (χ4v) is 2.58. The van der Waals surface area contributed by atoms with Crippen LogP contribution < -0.4 is 0 Å². The molecule has 1 heterocycles. The molecule has 1 aliphatic heterocycles. The van der Waals surface area contributed by atoms with E-state index in [4.69, 9.17) is 9.47 Å². The smallest absolute Gasteiger partial charge is 0.157 e. The highest BCUT2D eigenvalue weighted by Gasteiger charge is 2.12. The van der Waals surface area contributed by atoms with Crippen molar-refractivity contribution in [1.82, 2.24) is 0 Å². The molecule has 1 fully saturated rings. The van der Waals surface area contributed by atoms with E-state index in [0.717, 1.165) is 26.1 Å². The summed E-state index contributed by atoms with van der Waals surface area (Å²) in [7, 11) is 0. The van der Waals surface area contributed by atoms with Crippen LogP contribution in [0, 0.1) is 0 Å². The second-order valence-corrected chi connectivity index (χ2v) is 5.66. The van der Waals surface area contributed by atoms with E-state index in [2.05, 4.69) is 32.7 Å². The number of hydrogen-bond donors (Lipinski definition) is 0. The van der Waals surface area contributed by atoms with Gasteiger partial charge in [0.05, 0.1) is 13.2 Å². The number of halogens is 1. The molecule has 0 unspecified atom stereocenters. The molecular weight excluding hydrogens is 339 g/mol. The van der Waals surface area contributed by atoms with Crippen molar-refractivity contribution in [2.45, 2.75) is 70.5 Å². The third-order valence-corrected chi connectivity index (χ3v) is 3.80. The van der Waals surface area contributed by atoms with Crippen LogP contribution in [-0.4, -0.2) is 19.5 Å². The van der Waals surface area contributed by atoms with Gasteiger partial charge in [-0.1, -0.05) is 60.8 Å². The summed E-state index contributed by atoms with van der Waals surface area (Å²) >= 11 is 2.29. The number of hydrogen-bond acceptors (Lipinski definition) is 2. The Bertz CT molecular complexity index is 201. The van der Waals surface area contributed by atoms with Crippen LogP contribution in [0.5, 0.6) is 0 Å². The Morgan fingerprint density at radius 2 is 1.50 bits per heavy atom. The molecule has 1 rings (SSSR count). The number of unbranched alkanes of at least 4 members (excludes halogenated alkanes) is 7. The first-order chi connectivity index (χ1) is 8.93. The zero-order chi connectivity index (χ0) is 12.9. The molecule has 0 bridgehead atoms. The lowest BCUT2D eigenvalue weighted by molar-refractivity contribution is -0.181. The van der Waals surface area contributed by atoms with Crippen LogP contribution in [0.3, 0.4) is 0 Å². The monoisotopic (exact) mass is 366 g/mol. The molecule has 0 aromatic carbocycles. The Kier molecular flexibility index (Phi) is 11.4. The van der Waals surface area contributed by atoms with Crippen LogP contribution in [0.25, 0.3) is 0 Å². The molecular formula is C15H27IO2. The number of ether oxygens (including phenoxy) is 2. The van der Waals surface area contributed by atoms with Crippen molar-refractivity contribution in [1.29, 1.82) is 0 Å². The predicted octanol–water partition coefficient (Wildman–Crippen LogP) is 5.21. The molecule has 1 saturated heterocycles. The van der Waals surface area contributed by atoms with Crippen molar-refractivity contribution >= 4 is 22.6 Å². The van der Waals surface area contributed by atoms with Gasteiger partial charge in [0, 0.05) is 0 Å². The highest BCUT2D eigenvalue weighted by Crippen LogP contribution is 2.14. The van der Waals surface area contributed by atoms with E-state index in [-0.39, 0.29) is 6.29 Å². The second kappa shape index (κ2) is 12.4. The van der Waals surface area contributed by atoms with Gasteiger partial charge in [-0.15, -0.1) is 0 Å². The summed E-state index contributed by atoms with van der Waals surface area (Å²) in [4.78, 5) is 0. The molecule has 2 nitrogen and oxygen atoms in total. The minimum atomic E-state index is 0.0961. The van der Waals surface area contributed by atoms with Crippen LogP contribution in [0.1, 0.15) is 64.2 Å². The maximum Gasteiger partial charge on any atom is 0.157 e. The van der Waals surface area contributed by atoms with Gasteiger partial charge in [0.15, 0.2) is 6.29 Å². The molecule has 0 amide bonds. The molecule has 0 saturated carbocycles. The quantitative estimate of drug-likeness (QED) is 0.390. The first-order valence-corrected chi connectivity index (χ1v) is 8.66. The summed E-state index contributed by atoms with van der Waals surface area (Å²) in [5, 5.41) is 0. The largest absolute Gasteiger partial charge is 0.353 e. The van der Waals surface area contributed by atoms with Gasteiger partial charge in [-0.2, -0.15) is 0 Å². The lowest BCUT2D eigenvalue weighted by Gasteiger charge is -2.22. The van der Waals surface area contributed by atoms with Crippen LogP contribution in [0.15, 0.2) is 10.2 Å². The SMILES string of the molecule is I/C=C\CCCCCCCCCC1OCCCO1. The Labute approximate surface area is 126 Å². The van der Waals surface area contributed by atoms with Crippen LogP contribution in [-0.2, 0) is 9.47 Å². The average molecular weight is 366 g/mol. The fourth-order valence-electron chi connectivity index (χ4n) is 2.22. The van der Waals surface area contributed by atoms with Gasteiger partial charge in [0.1, 0.15) is 0 Å². The molecule has 1 aliphatic rings. The first-order valence-electron chi connectivity index (χ1n) is 7.42. The molecule has 0 aromatic rings. The van der Waals surface area contributed by atoms with Crippen molar-refractivity contribution in [3.05, 3.63) is 10.2 Å². The van der Waals surface area contributed by atoms with E-state index in [1.54, 1.807) is 0 Å². The van der Waals surface area contributed by atoms with Crippen molar-refractivity contribution in [3.8, 4) is 0 Å². The average Bonchev–Trinajstić information content (AvgIpc) is 2.42. The zero-order valence-corrected chi connectivity index (χ0v) is 13.6. The van der Waals surface area contributed by atoms with E-state index in [1.807, 2.05) is 0 Å². The van der Waals surface area contributed by atoms with E-state index in [0.29, 0.717) is 0 Å².